The number of imide groups is 2. The minimum atomic E-state index is -1.13. The monoisotopic (exact) mass is 514 g/mol. The quantitative estimate of drug-likeness (QED) is 0.339. The second-order valence-electron chi connectivity index (χ2n) is 6.65. The first-order valence-electron chi connectivity index (χ1n) is 8.94. The van der Waals surface area contributed by atoms with Crippen LogP contribution in [-0.2, 0) is 14.4 Å². The van der Waals surface area contributed by atoms with Crippen molar-refractivity contribution >= 4 is 52.5 Å². The Hall–Kier alpha value is -2.63. The molecule has 4 amide bonds. The number of nitrogens with one attached hydrogen (secondary N) is 1. The fraction of sp³-hybridized carbons (Fsp3) is 0.368. The third-order valence-corrected chi connectivity index (χ3v) is 5.53. The van der Waals surface area contributed by atoms with Crippen LogP contribution < -0.4 is 14.8 Å². The lowest BCUT2D eigenvalue weighted by Gasteiger charge is -2.31. The SMILES string of the molecule is COc1cc(/C=C2\C(=O)NC(=O)N(C3CCCC3)C2=O)cc(I)c1OCC(=O)O. The van der Waals surface area contributed by atoms with E-state index in [1.165, 1.54) is 19.3 Å². The van der Waals surface area contributed by atoms with Crippen LogP contribution in [0.5, 0.6) is 11.5 Å². The van der Waals surface area contributed by atoms with Gasteiger partial charge in [0.2, 0.25) is 0 Å². The summed E-state index contributed by atoms with van der Waals surface area (Å²) in [6.07, 6.45) is 4.70. The zero-order valence-electron chi connectivity index (χ0n) is 15.6. The Kier molecular flexibility index (Phi) is 6.40. The Balaban J connectivity index is 1.94. The molecule has 0 aromatic heterocycles. The molecule has 0 unspecified atom stereocenters. The Bertz CT molecular complexity index is 906. The summed E-state index contributed by atoms with van der Waals surface area (Å²) in [6, 6.07) is 2.27. The number of amides is 4. The minimum Gasteiger partial charge on any atom is -0.493 e. The van der Waals surface area contributed by atoms with Crippen molar-refractivity contribution in [3.63, 3.8) is 0 Å². The van der Waals surface area contributed by atoms with E-state index in [1.807, 2.05) is 22.6 Å². The molecule has 1 heterocycles. The molecule has 29 heavy (non-hydrogen) atoms. The second-order valence-corrected chi connectivity index (χ2v) is 7.81. The van der Waals surface area contributed by atoms with Crippen molar-refractivity contribution in [2.75, 3.05) is 13.7 Å². The number of carboxylic acids is 1. The number of carbonyl (C=O) groups is 4. The Morgan fingerprint density at radius 3 is 2.62 bits per heavy atom. The average molecular weight is 514 g/mol. The molecule has 1 aromatic carbocycles. The van der Waals surface area contributed by atoms with Crippen LogP contribution in [0, 0.1) is 3.57 Å². The number of carbonyl (C=O) groups excluding carboxylic acids is 3. The largest absolute Gasteiger partial charge is 0.493 e. The van der Waals surface area contributed by atoms with Gasteiger partial charge < -0.3 is 14.6 Å². The zero-order valence-corrected chi connectivity index (χ0v) is 17.7. The highest BCUT2D eigenvalue weighted by Gasteiger charge is 2.40. The average Bonchev–Trinajstić information content (AvgIpc) is 3.17. The molecule has 0 radical (unpaired) electrons. The van der Waals surface area contributed by atoms with E-state index in [4.69, 9.17) is 14.6 Å². The smallest absolute Gasteiger partial charge is 0.341 e. The highest BCUT2D eigenvalue weighted by atomic mass is 127. The van der Waals surface area contributed by atoms with Gasteiger partial charge in [0.1, 0.15) is 5.57 Å². The maximum Gasteiger partial charge on any atom is 0.341 e. The predicted molar refractivity (Wildman–Crippen MR) is 109 cm³/mol. The molecule has 1 saturated heterocycles. The summed E-state index contributed by atoms with van der Waals surface area (Å²) in [4.78, 5) is 49.2. The summed E-state index contributed by atoms with van der Waals surface area (Å²) >= 11 is 1.95. The molecule has 1 saturated carbocycles. The van der Waals surface area contributed by atoms with Crippen LogP contribution in [0.15, 0.2) is 17.7 Å². The van der Waals surface area contributed by atoms with Crippen LogP contribution in [0.4, 0.5) is 4.79 Å². The summed E-state index contributed by atoms with van der Waals surface area (Å²) in [5, 5.41) is 11.0. The van der Waals surface area contributed by atoms with E-state index in [0.717, 1.165) is 30.6 Å². The molecule has 0 atom stereocenters. The summed E-state index contributed by atoms with van der Waals surface area (Å²) in [6.45, 7) is -0.536. The molecule has 2 aliphatic rings. The zero-order chi connectivity index (χ0) is 21.1. The minimum absolute atomic E-state index is 0.145. The molecular weight excluding hydrogens is 495 g/mol. The number of nitrogens with zero attached hydrogens (tertiary/aromatic N) is 1. The van der Waals surface area contributed by atoms with Gasteiger partial charge in [-0.05, 0) is 59.2 Å². The Morgan fingerprint density at radius 2 is 2.00 bits per heavy atom. The van der Waals surface area contributed by atoms with Gasteiger partial charge in [0.15, 0.2) is 18.1 Å². The highest BCUT2D eigenvalue weighted by Crippen LogP contribution is 2.35. The van der Waals surface area contributed by atoms with Gasteiger partial charge in [-0.1, -0.05) is 12.8 Å². The lowest BCUT2D eigenvalue weighted by Crippen LogP contribution is -2.57. The first kappa shape index (κ1) is 21.1. The number of aliphatic carboxylic acids is 1. The molecule has 0 spiro atoms. The van der Waals surface area contributed by atoms with Crippen LogP contribution in [0.3, 0.4) is 0 Å². The van der Waals surface area contributed by atoms with Crippen molar-refractivity contribution in [1.82, 2.24) is 10.2 Å². The van der Waals surface area contributed by atoms with E-state index in [2.05, 4.69) is 5.32 Å². The summed E-state index contributed by atoms with van der Waals surface area (Å²) in [5.41, 5.74) is 0.335. The van der Waals surface area contributed by atoms with E-state index < -0.39 is 30.4 Å². The molecule has 0 bridgehead atoms. The van der Waals surface area contributed by atoms with E-state index in [1.54, 1.807) is 6.07 Å². The lowest BCUT2D eigenvalue weighted by molar-refractivity contribution is -0.139. The molecule has 1 aromatic rings. The first-order valence-corrected chi connectivity index (χ1v) is 10.0. The fourth-order valence-corrected chi connectivity index (χ4v) is 4.21. The summed E-state index contributed by atoms with van der Waals surface area (Å²) in [7, 11) is 1.40. The number of hydrogen-bond acceptors (Lipinski definition) is 6. The number of barbiturate groups is 1. The highest BCUT2D eigenvalue weighted by molar-refractivity contribution is 14.1. The normalized spacial score (nSPS) is 18.9. The number of ether oxygens (including phenoxy) is 2. The van der Waals surface area contributed by atoms with Gasteiger partial charge in [-0.2, -0.15) is 0 Å². The first-order chi connectivity index (χ1) is 13.8. The lowest BCUT2D eigenvalue weighted by atomic mass is 10.0. The third-order valence-electron chi connectivity index (χ3n) is 4.73. The maximum atomic E-state index is 12.9. The van der Waals surface area contributed by atoms with Crippen LogP contribution in [0.1, 0.15) is 31.2 Å². The van der Waals surface area contributed by atoms with Crippen LogP contribution >= 0.6 is 22.6 Å². The predicted octanol–water partition coefficient (Wildman–Crippen LogP) is 2.17. The van der Waals surface area contributed by atoms with E-state index >= 15 is 0 Å². The van der Waals surface area contributed by atoms with Crippen molar-refractivity contribution in [1.29, 1.82) is 0 Å². The fourth-order valence-electron chi connectivity index (χ4n) is 3.43. The van der Waals surface area contributed by atoms with Gasteiger partial charge >= 0.3 is 12.0 Å². The molecule has 10 heteroatoms. The van der Waals surface area contributed by atoms with Crippen LogP contribution in [0.2, 0.25) is 0 Å². The number of hydrogen-bond donors (Lipinski definition) is 2. The number of halogens is 1. The number of methoxy groups -OCH3 is 1. The summed E-state index contributed by atoms with van der Waals surface area (Å²) < 4.78 is 11.1. The number of carboxylic acid groups (broad SMARTS) is 1. The van der Waals surface area contributed by atoms with Gasteiger partial charge in [-0.15, -0.1) is 0 Å². The maximum absolute atomic E-state index is 12.9. The molecule has 3 rings (SSSR count). The second kappa shape index (κ2) is 8.80. The summed E-state index contributed by atoms with van der Waals surface area (Å²) in [5.74, 6) is -1.99. The van der Waals surface area contributed by atoms with Crippen LogP contribution in [-0.4, -0.2) is 53.6 Å². The Morgan fingerprint density at radius 1 is 1.31 bits per heavy atom. The van der Waals surface area contributed by atoms with Crippen molar-refractivity contribution < 1.29 is 33.8 Å². The molecule has 9 nitrogen and oxygen atoms in total. The standard InChI is InChI=1S/C19H19IN2O7/c1-28-14-8-10(7-13(20)16(14)29-9-15(23)24)6-12-17(25)21-19(27)22(18(12)26)11-4-2-3-5-11/h6-8,11H,2-5,9H2,1H3,(H,23,24)(H,21,25,27)/b12-6+. The van der Waals surface area contributed by atoms with Crippen molar-refractivity contribution in [2.45, 2.75) is 31.7 Å². The molecule has 1 aliphatic heterocycles. The molecule has 2 N–H and O–H groups in total. The third kappa shape index (κ3) is 4.52. The van der Waals surface area contributed by atoms with Crippen molar-refractivity contribution in [3.05, 3.63) is 26.8 Å². The molecule has 2 fully saturated rings. The van der Waals surface area contributed by atoms with Crippen molar-refractivity contribution in [3.8, 4) is 11.5 Å². The Labute approximate surface area is 180 Å². The van der Waals surface area contributed by atoms with Gasteiger partial charge in [0.25, 0.3) is 11.8 Å². The molecule has 1 aliphatic carbocycles. The molecule has 154 valence electrons. The number of rotatable bonds is 6. The van der Waals surface area contributed by atoms with Gasteiger partial charge in [0, 0.05) is 6.04 Å². The van der Waals surface area contributed by atoms with Gasteiger partial charge in [0.05, 0.1) is 10.7 Å². The van der Waals surface area contributed by atoms with Crippen molar-refractivity contribution in [2.24, 2.45) is 0 Å². The van der Waals surface area contributed by atoms with E-state index in [0.29, 0.717) is 9.13 Å². The topological polar surface area (TPSA) is 122 Å². The van der Waals surface area contributed by atoms with Crippen LogP contribution in [0.25, 0.3) is 6.08 Å². The van der Waals surface area contributed by atoms with Gasteiger partial charge in [-0.25, -0.2) is 9.59 Å². The van der Waals surface area contributed by atoms with E-state index in [-0.39, 0.29) is 23.1 Å². The van der Waals surface area contributed by atoms with E-state index in [9.17, 15) is 19.2 Å². The van der Waals surface area contributed by atoms with Gasteiger partial charge in [-0.3, -0.25) is 19.8 Å². The molecular formula is C19H19IN2O7. The number of urea groups is 1. The number of benzene rings is 1.